The molecule has 0 aliphatic carbocycles. The zero-order valence-corrected chi connectivity index (χ0v) is 22.0. The number of anilines is 1. The predicted octanol–water partition coefficient (Wildman–Crippen LogP) is 4.14. The van der Waals surface area contributed by atoms with Gasteiger partial charge in [0, 0.05) is 18.7 Å². The molecule has 0 bridgehead atoms. The fourth-order valence-electron chi connectivity index (χ4n) is 3.86. The van der Waals surface area contributed by atoms with Gasteiger partial charge in [0.15, 0.2) is 0 Å². The molecular formula is C28H32FN3O4S. The van der Waals surface area contributed by atoms with Crippen molar-refractivity contribution in [3.63, 3.8) is 0 Å². The van der Waals surface area contributed by atoms with Crippen molar-refractivity contribution in [1.82, 2.24) is 10.2 Å². The molecule has 0 aliphatic rings. The van der Waals surface area contributed by atoms with Gasteiger partial charge >= 0.3 is 0 Å². The van der Waals surface area contributed by atoms with Crippen LogP contribution >= 0.6 is 0 Å². The second-order valence-corrected chi connectivity index (χ2v) is 10.4. The summed E-state index contributed by atoms with van der Waals surface area (Å²) in [4.78, 5) is 27.6. The van der Waals surface area contributed by atoms with E-state index in [1.807, 2.05) is 19.1 Å². The SMILES string of the molecule is CCNC(=O)[C@H](C)N(Cc1ccccc1F)C(=O)CN(c1ccc(CC)cc1)S(=O)(=O)c1ccccc1. The number of aryl methyl sites for hydroxylation is 1. The molecule has 0 spiro atoms. The van der Waals surface area contributed by atoms with Crippen LogP contribution in [0.5, 0.6) is 0 Å². The van der Waals surface area contributed by atoms with E-state index in [0.717, 1.165) is 16.3 Å². The van der Waals surface area contributed by atoms with Crippen LogP contribution in [0.3, 0.4) is 0 Å². The monoisotopic (exact) mass is 525 g/mol. The maximum atomic E-state index is 14.5. The van der Waals surface area contributed by atoms with Crippen LogP contribution in [-0.4, -0.2) is 44.3 Å². The molecule has 0 radical (unpaired) electrons. The van der Waals surface area contributed by atoms with Crippen LogP contribution in [-0.2, 0) is 32.6 Å². The zero-order chi connectivity index (χ0) is 27.0. The highest BCUT2D eigenvalue weighted by atomic mass is 32.2. The largest absolute Gasteiger partial charge is 0.355 e. The Morgan fingerprint density at radius 2 is 1.54 bits per heavy atom. The van der Waals surface area contributed by atoms with Gasteiger partial charge in [0.1, 0.15) is 18.4 Å². The molecule has 37 heavy (non-hydrogen) atoms. The number of halogens is 1. The maximum absolute atomic E-state index is 14.5. The average molecular weight is 526 g/mol. The van der Waals surface area contributed by atoms with Crippen LogP contribution in [0.2, 0.25) is 0 Å². The van der Waals surface area contributed by atoms with Crippen LogP contribution in [0.25, 0.3) is 0 Å². The van der Waals surface area contributed by atoms with Crippen LogP contribution < -0.4 is 9.62 Å². The van der Waals surface area contributed by atoms with E-state index in [4.69, 9.17) is 0 Å². The summed E-state index contributed by atoms with van der Waals surface area (Å²) in [5.74, 6) is -1.58. The Bertz CT molecular complexity index is 1310. The first-order chi connectivity index (χ1) is 17.7. The lowest BCUT2D eigenvalue weighted by atomic mass is 10.1. The summed E-state index contributed by atoms with van der Waals surface area (Å²) in [6, 6.07) is 19.8. The smallest absolute Gasteiger partial charge is 0.264 e. The lowest BCUT2D eigenvalue weighted by molar-refractivity contribution is -0.139. The van der Waals surface area contributed by atoms with E-state index < -0.39 is 40.2 Å². The molecule has 1 N–H and O–H groups in total. The van der Waals surface area contributed by atoms with E-state index in [1.54, 1.807) is 43.3 Å². The third kappa shape index (κ3) is 6.74. The second-order valence-electron chi connectivity index (χ2n) is 8.53. The van der Waals surface area contributed by atoms with Gasteiger partial charge in [-0.05, 0) is 56.2 Å². The first kappa shape index (κ1) is 27.9. The van der Waals surface area contributed by atoms with Crippen molar-refractivity contribution in [2.45, 2.75) is 44.7 Å². The van der Waals surface area contributed by atoms with Crippen molar-refractivity contribution < 1.29 is 22.4 Å². The summed E-state index contributed by atoms with van der Waals surface area (Å²) in [5.41, 5.74) is 1.54. The fourth-order valence-corrected chi connectivity index (χ4v) is 5.30. The van der Waals surface area contributed by atoms with Gasteiger partial charge in [-0.25, -0.2) is 12.8 Å². The molecule has 7 nitrogen and oxygen atoms in total. The molecule has 0 unspecified atom stereocenters. The number of nitrogens with one attached hydrogen (secondary N) is 1. The van der Waals surface area contributed by atoms with Crippen molar-refractivity contribution >= 4 is 27.5 Å². The molecule has 0 saturated heterocycles. The minimum absolute atomic E-state index is 0.0276. The van der Waals surface area contributed by atoms with Gasteiger partial charge in [0.05, 0.1) is 10.6 Å². The summed E-state index contributed by atoms with van der Waals surface area (Å²) in [7, 11) is -4.13. The second kappa shape index (κ2) is 12.5. The minimum Gasteiger partial charge on any atom is -0.355 e. The summed E-state index contributed by atoms with van der Waals surface area (Å²) in [5, 5.41) is 2.68. The number of hydrogen-bond acceptors (Lipinski definition) is 4. The first-order valence-corrected chi connectivity index (χ1v) is 13.6. The lowest BCUT2D eigenvalue weighted by Crippen LogP contribution is -2.51. The van der Waals surface area contributed by atoms with Crippen molar-refractivity contribution in [3.05, 3.63) is 95.8 Å². The Morgan fingerprint density at radius 1 is 0.919 bits per heavy atom. The topological polar surface area (TPSA) is 86.8 Å². The number of nitrogens with zero attached hydrogens (tertiary/aromatic N) is 2. The highest BCUT2D eigenvalue weighted by molar-refractivity contribution is 7.92. The molecule has 196 valence electrons. The van der Waals surface area contributed by atoms with E-state index in [1.165, 1.54) is 42.2 Å². The summed E-state index contributed by atoms with van der Waals surface area (Å²) < 4.78 is 42.9. The number of sulfonamides is 1. The molecular weight excluding hydrogens is 493 g/mol. The third-order valence-corrected chi connectivity index (χ3v) is 7.85. The van der Waals surface area contributed by atoms with E-state index >= 15 is 0 Å². The number of hydrogen-bond donors (Lipinski definition) is 1. The van der Waals surface area contributed by atoms with Crippen molar-refractivity contribution in [3.8, 4) is 0 Å². The van der Waals surface area contributed by atoms with Crippen molar-refractivity contribution in [1.29, 1.82) is 0 Å². The Kier molecular flexibility index (Phi) is 9.41. The normalized spacial score (nSPS) is 12.0. The van der Waals surface area contributed by atoms with E-state index in [2.05, 4.69) is 5.32 Å². The van der Waals surface area contributed by atoms with E-state index in [9.17, 15) is 22.4 Å². The molecule has 0 aromatic heterocycles. The van der Waals surface area contributed by atoms with Gasteiger partial charge in [-0.3, -0.25) is 13.9 Å². The van der Waals surface area contributed by atoms with Gasteiger partial charge in [-0.1, -0.05) is 55.5 Å². The van der Waals surface area contributed by atoms with Gasteiger partial charge in [0.2, 0.25) is 11.8 Å². The molecule has 0 saturated carbocycles. The summed E-state index contributed by atoms with van der Waals surface area (Å²) in [6.07, 6.45) is 0.769. The Hall–Kier alpha value is -3.72. The van der Waals surface area contributed by atoms with E-state index in [-0.39, 0.29) is 17.0 Å². The third-order valence-electron chi connectivity index (χ3n) is 6.06. The highest BCUT2D eigenvalue weighted by Gasteiger charge is 2.32. The van der Waals surface area contributed by atoms with Gasteiger partial charge in [0.25, 0.3) is 10.0 Å². The van der Waals surface area contributed by atoms with Crippen LogP contribution in [0.15, 0.2) is 83.8 Å². The van der Waals surface area contributed by atoms with Crippen molar-refractivity contribution in [2.75, 3.05) is 17.4 Å². The van der Waals surface area contributed by atoms with Gasteiger partial charge in [-0.2, -0.15) is 0 Å². The first-order valence-electron chi connectivity index (χ1n) is 12.2. The van der Waals surface area contributed by atoms with Crippen LogP contribution in [0.1, 0.15) is 31.9 Å². The fraction of sp³-hybridized carbons (Fsp3) is 0.286. The number of benzene rings is 3. The Labute approximate surface area is 218 Å². The average Bonchev–Trinajstić information content (AvgIpc) is 2.91. The number of carbonyl (C=O) groups excluding carboxylic acids is 2. The molecule has 0 aliphatic heterocycles. The number of amides is 2. The number of rotatable bonds is 11. The summed E-state index contributed by atoms with van der Waals surface area (Å²) >= 11 is 0. The molecule has 2 amide bonds. The molecule has 0 fully saturated rings. The molecule has 3 aromatic carbocycles. The summed E-state index contributed by atoms with van der Waals surface area (Å²) in [6.45, 7) is 4.86. The van der Waals surface area contributed by atoms with Gasteiger partial charge in [-0.15, -0.1) is 0 Å². The van der Waals surface area contributed by atoms with Crippen LogP contribution in [0.4, 0.5) is 10.1 Å². The van der Waals surface area contributed by atoms with Crippen molar-refractivity contribution in [2.24, 2.45) is 0 Å². The lowest BCUT2D eigenvalue weighted by Gasteiger charge is -2.32. The maximum Gasteiger partial charge on any atom is 0.264 e. The van der Waals surface area contributed by atoms with Crippen LogP contribution in [0, 0.1) is 5.82 Å². The molecule has 3 aromatic rings. The Morgan fingerprint density at radius 3 is 2.14 bits per heavy atom. The Balaban J connectivity index is 2.03. The molecule has 1 atom stereocenters. The highest BCUT2D eigenvalue weighted by Crippen LogP contribution is 2.25. The minimum atomic E-state index is -4.13. The molecule has 9 heteroatoms. The van der Waals surface area contributed by atoms with Gasteiger partial charge < -0.3 is 10.2 Å². The number of likely N-dealkylation sites (N-methyl/N-ethyl adjacent to an activating group) is 1. The van der Waals surface area contributed by atoms with E-state index in [0.29, 0.717) is 12.2 Å². The zero-order valence-electron chi connectivity index (χ0n) is 21.2. The predicted molar refractivity (Wildman–Crippen MR) is 142 cm³/mol. The quantitative estimate of drug-likeness (QED) is 0.408. The standard InChI is InChI=1S/C28H32FN3O4S/c1-4-22-15-17-24(18-16-22)32(37(35,36)25-12-7-6-8-13-25)20-27(33)31(21(3)28(34)30-5-2)19-23-11-9-10-14-26(23)29/h6-18,21H,4-5,19-20H2,1-3H3,(H,30,34)/t21-/m0/s1. The molecule has 3 rings (SSSR count). The molecule has 0 heterocycles. The number of carbonyl (C=O) groups is 2.